The maximum atomic E-state index is 10.2. The van der Waals surface area contributed by atoms with Gasteiger partial charge in [-0.1, -0.05) is 84.0 Å². The van der Waals surface area contributed by atoms with Crippen molar-refractivity contribution in [2.45, 2.75) is 90.4 Å². The summed E-state index contributed by atoms with van der Waals surface area (Å²) in [6, 6.07) is 0. The van der Waals surface area contributed by atoms with Crippen molar-refractivity contribution in [2.24, 2.45) is 0 Å². The topological polar surface area (TPSA) is 46.5 Å². The minimum atomic E-state index is -0.875. The second kappa shape index (κ2) is 16.5. The Bertz CT molecular complexity index is 204. The largest absolute Gasteiger partial charge is 0.480 e. The molecule has 0 atom stereocenters. The van der Waals surface area contributed by atoms with Crippen LogP contribution in [0.5, 0.6) is 0 Å². The van der Waals surface area contributed by atoms with E-state index in [1.165, 1.54) is 70.6 Å². The number of aliphatic carboxylic acids is 1. The molecule has 0 radical (unpaired) electrons. The van der Waals surface area contributed by atoms with Crippen molar-refractivity contribution in [3.8, 4) is 0 Å². The fourth-order valence-corrected chi connectivity index (χ4v) is 2.38. The van der Waals surface area contributed by atoms with E-state index in [-0.39, 0.29) is 6.61 Å². The molecular weight excluding hydrogens is 252 g/mol. The lowest BCUT2D eigenvalue weighted by Gasteiger charge is -2.03. The molecule has 0 saturated heterocycles. The third kappa shape index (κ3) is 17.4. The van der Waals surface area contributed by atoms with Crippen LogP contribution in [0.2, 0.25) is 0 Å². The summed E-state index contributed by atoms with van der Waals surface area (Å²) < 4.78 is 5.00. The number of ether oxygens (including phenoxy) is 1. The molecule has 3 heteroatoms. The Kier molecular flexibility index (Phi) is 16.0. The smallest absolute Gasteiger partial charge is 0.329 e. The summed E-state index contributed by atoms with van der Waals surface area (Å²) in [5.41, 5.74) is 0. The third-order valence-electron chi connectivity index (χ3n) is 3.62. The molecule has 0 fully saturated rings. The molecule has 120 valence electrons. The highest BCUT2D eigenvalue weighted by molar-refractivity contribution is 5.67. The van der Waals surface area contributed by atoms with Crippen LogP contribution in [-0.4, -0.2) is 24.3 Å². The highest BCUT2D eigenvalue weighted by Gasteiger charge is 1.96. The van der Waals surface area contributed by atoms with Crippen molar-refractivity contribution in [2.75, 3.05) is 13.2 Å². The number of carboxylic acid groups (broad SMARTS) is 1. The molecule has 0 saturated carbocycles. The zero-order valence-corrected chi connectivity index (χ0v) is 13.4. The van der Waals surface area contributed by atoms with Gasteiger partial charge in [0, 0.05) is 6.61 Å². The molecule has 20 heavy (non-hydrogen) atoms. The summed E-state index contributed by atoms with van der Waals surface area (Å²) in [4.78, 5) is 10.2. The molecule has 0 heterocycles. The van der Waals surface area contributed by atoms with Crippen LogP contribution < -0.4 is 0 Å². The molecule has 0 spiro atoms. The number of hydrogen-bond acceptors (Lipinski definition) is 2. The number of hydrogen-bond donors (Lipinski definition) is 1. The van der Waals surface area contributed by atoms with Crippen LogP contribution in [0.4, 0.5) is 0 Å². The zero-order chi connectivity index (χ0) is 14.9. The lowest BCUT2D eigenvalue weighted by atomic mass is 10.0. The fourth-order valence-electron chi connectivity index (χ4n) is 2.38. The number of unbranched alkanes of at least 4 members (excludes halogenated alkanes) is 12. The van der Waals surface area contributed by atoms with E-state index in [2.05, 4.69) is 6.92 Å². The molecule has 0 amide bonds. The average Bonchev–Trinajstić information content (AvgIpc) is 2.43. The molecule has 0 rings (SSSR count). The van der Waals surface area contributed by atoms with Gasteiger partial charge in [0.05, 0.1) is 0 Å². The van der Waals surface area contributed by atoms with Crippen LogP contribution in [0, 0.1) is 0 Å². The second-order valence-electron chi connectivity index (χ2n) is 5.69. The Balaban J connectivity index is 2.94. The van der Waals surface area contributed by atoms with Crippen LogP contribution in [0.15, 0.2) is 0 Å². The molecule has 0 aromatic heterocycles. The van der Waals surface area contributed by atoms with E-state index in [0.29, 0.717) is 6.61 Å². The zero-order valence-electron chi connectivity index (χ0n) is 13.4. The van der Waals surface area contributed by atoms with Gasteiger partial charge in [-0.25, -0.2) is 4.79 Å². The van der Waals surface area contributed by atoms with Crippen LogP contribution >= 0.6 is 0 Å². The monoisotopic (exact) mass is 286 g/mol. The summed E-state index contributed by atoms with van der Waals surface area (Å²) in [7, 11) is 0. The lowest BCUT2D eigenvalue weighted by Crippen LogP contribution is -2.07. The molecule has 0 aliphatic rings. The minimum absolute atomic E-state index is 0.155. The van der Waals surface area contributed by atoms with Gasteiger partial charge in [0.25, 0.3) is 0 Å². The van der Waals surface area contributed by atoms with Crippen molar-refractivity contribution >= 4 is 5.97 Å². The summed E-state index contributed by atoms with van der Waals surface area (Å²) in [5, 5.41) is 8.39. The predicted octanol–water partition coefficient (Wildman–Crippen LogP) is 5.18. The van der Waals surface area contributed by atoms with E-state index in [9.17, 15) is 4.79 Å². The summed E-state index contributed by atoms with van der Waals surface area (Å²) in [6.07, 6.45) is 17.3. The predicted molar refractivity (Wildman–Crippen MR) is 84.1 cm³/mol. The second-order valence-corrected chi connectivity index (χ2v) is 5.69. The van der Waals surface area contributed by atoms with E-state index in [1.54, 1.807) is 0 Å². The maximum Gasteiger partial charge on any atom is 0.329 e. The van der Waals surface area contributed by atoms with E-state index < -0.39 is 5.97 Å². The van der Waals surface area contributed by atoms with Gasteiger partial charge in [-0.3, -0.25) is 0 Å². The van der Waals surface area contributed by atoms with Gasteiger partial charge < -0.3 is 9.84 Å². The van der Waals surface area contributed by atoms with Crippen LogP contribution in [0.1, 0.15) is 90.4 Å². The van der Waals surface area contributed by atoms with E-state index in [4.69, 9.17) is 9.84 Å². The van der Waals surface area contributed by atoms with Crippen LogP contribution in [0.25, 0.3) is 0 Å². The van der Waals surface area contributed by atoms with Crippen molar-refractivity contribution in [1.29, 1.82) is 0 Å². The maximum absolute atomic E-state index is 10.2. The average molecular weight is 286 g/mol. The molecule has 0 aliphatic carbocycles. The van der Waals surface area contributed by atoms with Crippen LogP contribution in [-0.2, 0) is 9.53 Å². The van der Waals surface area contributed by atoms with Gasteiger partial charge in [0.2, 0.25) is 0 Å². The van der Waals surface area contributed by atoms with Gasteiger partial charge in [0.15, 0.2) is 0 Å². The van der Waals surface area contributed by atoms with Crippen molar-refractivity contribution < 1.29 is 14.6 Å². The highest BCUT2D eigenvalue weighted by atomic mass is 16.5. The van der Waals surface area contributed by atoms with Crippen LogP contribution in [0.3, 0.4) is 0 Å². The first kappa shape index (κ1) is 19.4. The first-order chi connectivity index (χ1) is 9.77. The highest BCUT2D eigenvalue weighted by Crippen LogP contribution is 2.12. The molecule has 0 unspecified atom stereocenters. The molecule has 1 N–H and O–H groups in total. The van der Waals surface area contributed by atoms with Crippen molar-refractivity contribution in [3.05, 3.63) is 0 Å². The standard InChI is InChI=1S/C17H34O3/c1-2-3-4-5-6-7-8-9-10-11-12-13-14-15-20-16-17(18)19/h2-16H2,1H3,(H,18,19). The molecule has 0 aromatic carbocycles. The molecule has 0 bridgehead atoms. The van der Waals surface area contributed by atoms with E-state index in [0.717, 1.165) is 12.8 Å². The normalized spacial score (nSPS) is 10.8. The molecule has 3 nitrogen and oxygen atoms in total. The van der Waals surface area contributed by atoms with Gasteiger partial charge in [-0.2, -0.15) is 0 Å². The number of carbonyl (C=O) groups is 1. The molecule has 0 aliphatic heterocycles. The summed E-state index contributed by atoms with van der Waals surface area (Å²) in [6.45, 7) is 2.70. The first-order valence-corrected chi connectivity index (χ1v) is 8.57. The third-order valence-corrected chi connectivity index (χ3v) is 3.62. The van der Waals surface area contributed by atoms with Gasteiger partial charge in [0.1, 0.15) is 6.61 Å². The Labute approximate surface area is 125 Å². The van der Waals surface area contributed by atoms with Gasteiger partial charge >= 0.3 is 5.97 Å². The Morgan fingerprint density at radius 3 is 1.55 bits per heavy atom. The minimum Gasteiger partial charge on any atom is -0.480 e. The Morgan fingerprint density at radius 2 is 1.15 bits per heavy atom. The van der Waals surface area contributed by atoms with Gasteiger partial charge in [-0.05, 0) is 6.42 Å². The van der Waals surface area contributed by atoms with E-state index >= 15 is 0 Å². The number of carboxylic acids is 1. The fraction of sp³-hybridized carbons (Fsp3) is 0.941. The summed E-state index contributed by atoms with van der Waals surface area (Å²) in [5.74, 6) is -0.875. The first-order valence-electron chi connectivity index (χ1n) is 8.57. The van der Waals surface area contributed by atoms with E-state index in [1.807, 2.05) is 0 Å². The summed E-state index contributed by atoms with van der Waals surface area (Å²) >= 11 is 0. The number of rotatable bonds is 16. The Morgan fingerprint density at radius 1 is 0.750 bits per heavy atom. The molecular formula is C17H34O3. The Hall–Kier alpha value is -0.570. The van der Waals surface area contributed by atoms with Gasteiger partial charge in [-0.15, -0.1) is 0 Å². The SMILES string of the molecule is CCCCCCCCCCCCCCCOCC(=O)O. The van der Waals surface area contributed by atoms with Crippen molar-refractivity contribution in [1.82, 2.24) is 0 Å². The quantitative estimate of drug-likeness (QED) is 0.398. The van der Waals surface area contributed by atoms with Crippen molar-refractivity contribution in [3.63, 3.8) is 0 Å². The lowest BCUT2D eigenvalue weighted by molar-refractivity contribution is -0.142. The molecule has 0 aromatic rings.